The van der Waals surface area contributed by atoms with Crippen molar-refractivity contribution in [3.05, 3.63) is 22.8 Å². The van der Waals surface area contributed by atoms with Crippen molar-refractivity contribution in [2.24, 2.45) is 0 Å². The van der Waals surface area contributed by atoms with Crippen molar-refractivity contribution in [1.29, 1.82) is 0 Å². The first kappa shape index (κ1) is 11.7. The monoisotopic (exact) mass is 239 g/mol. The lowest BCUT2D eigenvalue weighted by Crippen LogP contribution is -2.25. The summed E-state index contributed by atoms with van der Waals surface area (Å²) in [5.74, 6) is 1.14. The van der Waals surface area contributed by atoms with Crippen LogP contribution in [0.2, 0.25) is 5.02 Å². The third-order valence-electron chi connectivity index (χ3n) is 3.28. The van der Waals surface area contributed by atoms with E-state index < -0.39 is 0 Å². The van der Waals surface area contributed by atoms with Gasteiger partial charge in [0.1, 0.15) is 5.82 Å². The zero-order chi connectivity index (χ0) is 11.5. The molecular formula is C12H18ClN3. The molecule has 1 aliphatic carbocycles. The van der Waals surface area contributed by atoms with Crippen molar-refractivity contribution in [3.63, 3.8) is 0 Å². The predicted octanol–water partition coefficient (Wildman–Crippen LogP) is 2.56. The molecule has 4 heteroatoms. The smallest absolute Gasteiger partial charge is 0.126 e. The lowest BCUT2D eigenvalue weighted by Gasteiger charge is -2.14. The second-order valence-corrected chi connectivity index (χ2v) is 4.83. The van der Waals surface area contributed by atoms with Gasteiger partial charge in [-0.15, -0.1) is 0 Å². The average molecular weight is 240 g/mol. The van der Waals surface area contributed by atoms with Crippen molar-refractivity contribution in [1.82, 2.24) is 10.3 Å². The molecule has 2 rings (SSSR count). The molecule has 16 heavy (non-hydrogen) atoms. The molecule has 3 N–H and O–H groups in total. The van der Waals surface area contributed by atoms with E-state index in [1.807, 2.05) is 6.07 Å². The summed E-state index contributed by atoms with van der Waals surface area (Å²) in [6, 6.07) is 2.58. The highest BCUT2D eigenvalue weighted by Gasteiger charge is 2.26. The first-order chi connectivity index (χ1) is 7.70. The molecule has 88 valence electrons. The molecular weight excluding hydrogens is 222 g/mol. The van der Waals surface area contributed by atoms with Gasteiger partial charge in [0.2, 0.25) is 0 Å². The van der Waals surface area contributed by atoms with E-state index in [0.29, 0.717) is 22.8 Å². The summed E-state index contributed by atoms with van der Waals surface area (Å²) in [5.41, 5.74) is 7.02. The number of hydrogen-bond acceptors (Lipinski definition) is 3. The number of nitrogens with one attached hydrogen (secondary N) is 1. The number of nitrogens with two attached hydrogens (primary N) is 1. The van der Waals surface area contributed by atoms with Gasteiger partial charge in [-0.2, -0.15) is 0 Å². The highest BCUT2D eigenvalue weighted by atomic mass is 35.5. The van der Waals surface area contributed by atoms with E-state index >= 15 is 0 Å². The van der Waals surface area contributed by atoms with Crippen LogP contribution < -0.4 is 11.1 Å². The first-order valence-electron chi connectivity index (χ1n) is 5.85. The Morgan fingerprint density at radius 1 is 1.56 bits per heavy atom. The highest BCUT2D eigenvalue weighted by Crippen LogP contribution is 2.37. The lowest BCUT2D eigenvalue weighted by molar-refractivity contribution is 0.535. The molecule has 0 aromatic carbocycles. The number of pyridine rings is 1. The van der Waals surface area contributed by atoms with Crippen LogP contribution in [-0.4, -0.2) is 17.6 Å². The first-order valence-corrected chi connectivity index (χ1v) is 6.22. The molecule has 0 saturated heterocycles. The van der Waals surface area contributed by atoms with Crippen LogP contribution >= 0.6 is 11.6 Å². The molecule has 3 nitrogen and oxygen atoms in total. The van der Waals surface area contributed by atoms with Crippen molar-refractivity contribution in [3.8, 4) is 0 Å². The second-order valence-electron chi connectivity index (χ2n) is 4.39. The molecule has 2 unspecified atom stereocenters. The molecule has 2 atom stereocenters. The number of halogens is 1. The van der Waals surface area contributed by atoms with Gasteiger partial charge in [0, 0.05) is 12.2 Å². The van der Waals surface area contributed by atoms with Gasteiger partial charge in [-0.05, 0) is 43.4 Å². The number of nitrogens with zero attached hydrogens (tertiary/aromatic N) is 1. The summed E-state index contributed by atoms with van der Waals surface area (Å²) >= 11 is 5.96. The van der Waals surface area contributed by atoms with Crippen molar-refractivity contribution in [2.45, 2.75) is 38.1 Å². The number of aromatic nitrogens is 1. The fourth-order valence-corrected chi connectivity index (χ4v) is 2.70. The minimum absolute atomic E-state index is 0.509. The van der Waals surface area contributed by atoms with E-state index in [1.54, 1.807) is 6.20 Å². The maximum atomic E-state index is 5.96. The quantitative estimate of drug-likeness (QED) is 0.853. The van der Waals surface area contributed by atoms with Gasteiger partial charge >= 0.3 is 0 Å². The van der Waals surface area contributed by atoms with E-state index in [-0.39, 0.29) is 0 Å². The number of hydrogen-bond donors (Lipinski definition) is 2. The third-order valence-corrected chi connectivity index (χ3v) is 3.49. The predicted molar refractivity (Wildman–Crippen MR) is 67.7 cm³/mol. The van der Waals surface area contributed by atoms with Crippen molar-refractivity contribution < 1.29 is 0 Å². The fourth-order valence-electron chi connectivity index (χ4n) is 2.53. The molecule has 0 amide bonds. The Balaban J connectivity index is 2.11. The SMILES string of the molecule is CCNC1CCC(c2cc(Cl)cnc2N)C1. The Labute approximate surface area is 101 Å². The van der Waals surface area contributed by atoms with Crippen LogP contribution in [0.1, 0.15) is 37.7 Å². The zero-order valence-corrected chi connectivity index (χ0v) is 10.3. The van der Waals surface area contributed by atoms with Gasteiger partial charge in [0.05, 0.1) is 5.02 Å². The molecule has 0 radical (unpaired) electrons. The van der Waals surface area contributed by atoms with Crippen LogP contribution in [0.25, 0.3) is 0 Å². The van der Waals surface area contributed by atoms with Crippen LogP contribution in [-0.2, 0) is 0 Å². The standard InChI is InChI=1S/C12H18ClN3/c1-2-15-10-4-3-8(5-10)11-6-9(13)7-16-12(11)14/h6-8,10,15H,2-5H2,1H3,(H2,14,16). The number of anilines is 1. The molecule has 1 heterocycles. The zero-order valence-electron chi connectivity index (χ0n) is 9.54. The molecule has 1 aromatic rings. The van der Waals surface area contributed by atoms with Gasteiger partial charge < -0.3 is 11.1 Å². The molecule has 0 aliphatic heterocycles. The molecule has 1 aromatic heterocycles. The van der Waals surface area contributed by atoms with E-state index in [9.17, 15) is 0 Å². The van der Waals surface area contributed by atoms with Gasteiger partial charge in [0.25, 0.3) is 0 Å². The molecule has 1 fully saturated rings. The van der Waals surface area contributed by atoms with E-state index in [1.165, 1.54) is 12.8 Å². The Morgan fingerprint density at radius 3 is 3.12 bits per heavy atom. The summed E-state index contributed by atoms with van der Waals surface area (Å²) < 4.78 is 0. The number of rotatable bonds is 3. The Morgan fingerprint density at radius 2 is 2.38 bits per heavy atom. The summed E-state index contributed by atoms with van der Waals surface area (Å²) in [7, 11) is 0. The highest BCUT2D eigenvalue weighted by molar-refractivity contribution is 6.30. The van der Waals surface area contributed by atoms with Gasteiger partial charge in [-0.3, -0.25) is 0 Å². The van der Waals surface area contributed by atoms with E-state index in [0.717, 1.165) is 18.5 Å². The molecule has 0 spiro atoms. The topological polar surface area (TPSA) is 50.9 Å². The minimum atomic E-state index is 0.509. The van der Waals surface area contributed by atoms with E-state index in [4.69, 9.17) is 17.3 Å². The number of nitrogen functional groups attached to an aromatic ring is 1. The maximum absolute atomic E-state index is 5.96. The summed E-state index contributed by atoms with van der Waals surface area (Å²) in [5, 5.41) is 4.16. The van der Waals surface area contributed by atoms with Crippen LogP contribution in [0, 0.1) is 0 Å². The fraction of sp³-hybridized carbons (Fsp3) is 0.583. The minimum Gasteiger partial charge on any atom is -0.383 e. The Hall–Kier alpha value is -0.800. The van der Waals surface area contributed by atoms with Gasteiger partial charge in [-0.25, -0.2) is 4.98 Å². The molecule has 1 saturated carbocycles. The van der Waals surface area contributed by atoms with Crippen LogP contribution in [0.4, 0.5) is 5.82 Å². The largest absolute Gasteiger partial charge is 0.383 e. The van der Waals surface area contributed by atoms with Gasteiger partial charge in [-0.1, -0.05) is 18.5 Å². The Kier molecular flexibility index (Phi) is 3.66. The average Bonchev–Trinajstić information content (AvgIpc) is 2.71. The maximum Gasteiger partial charge on any atom is 0.126 e. The van der Waals surface area contributed by atoms with Crippen molar-refractivity contribution >= 4 is 17.4 Å². The van der Waals surface area contributed by atoms with Crippen LogP contribution in [0.15, 0.2) is 12.3 Å². The normalized spacial score (nSPS) is 24.9. The Bertz CT molecular complexity index is 367. The van der Waals surface area contributed by atoms with Gasteiger partial charge in [0.15, 0.2) is 0 Å². The molecule has 1 aliphatic rings. The second kappa shape index (κ2) is 5.02. The van der Waals surface area contributed by atoms with Crippen molar-refractivity contribution in [2.75, 3.05) is 12.3 Å². The van der Waals surface area contributed by atoms with Crippen LogP contribution in [0.5, 0.6) is 0 Å². The molecule has 0 bridgehead atoms. The van der Waals surface area contributed by atoms with E-state index in [2.05, 4.69) is 17.2 Å². The summed E-state index contributed by atoms with van der Waals surface area (Å²) in [6.07, 6.45) is 5.13. The third kappa shape index (κ3) is 2.47. The van der Waals surface area contributed by atoms with Crippen LogP contribution in [0.3, 0.4) is 0 Å². The summed E-state index contributed by atoms with van der Waals surface area (Å²) in [4.78, 5) is 4.12. The lowest BCUT2D eigenvalue weighted by atomic mass is 9.98. The summed E-state index contributed by atoms with van der Waals surface area (Å²) in [6.45, 7) is 3.17.